The predicted octanol–water partition coefficient (Wildman–Crippen LogP) is 5.89. The Hall–Kier alpha value is -3.72. The third-order valence-electron chi connectivity index (χ3n) is 13.8. The lowest BCUT2D eigenvalue weighted by molar-refractivity contribution is -0.149. The highest BCUT2D eigenvalue weighted by Crippen LogP contribution is 2.32. The van der Waals surface area contributed by atoms with E-state index >= 15 is 0 Å². The molecule has 1 N–H and O–H groups in total. The second-order valence-electron chi connectivity index (χ2n) is 19.0. The number of rotatable bonds is 31. The minimum absolute atomic E-state index is 0.00755. The van der Waals surface area contributed by atoms with Crippen molar-refractivity contribution in [1.82, 2.24) is 24.9 Å². The van der Waals surface area contributed by atoms with Gasteiger partial charge < -0.3 is 29.3 Å². The number of carbonyl (C=O) groups excluding carboxylic acids is 6. The van der Waals surface area contributed by atoms with Crippen molar-refractivity contribution in [3.8, 4) is 0 Å². The lowest BCUT2D eigenvalue weighted by Crippen LogP contribution is -2.54. The quantitative estimate of drug-likeness (QED) is 0.0701. The van der Waals surface area contributed by atoms with E-state index in [1.165, 1.54) is 0 Å². The van der Waals surface area contributed by atoms with E-state index in [2.05, 4.69) is 37.9 Å². The fourth-order valence-corrected chi connectivity index (χ4v) is 9.45. The van der Waals surface area contributed by atoms with Crippen LogP contribution in [0.1, 0.15) is 113 Å². The maximum atomic E-state index is 14.5. The van der Waals surface area contributed by atoms with Gasteiger partial charge in [-0.2, -0.15) is 0 Å². The van der Waals surface area contributed by atoms with Crippen molar-refractivity contribution in [2.75, 3.05) is 61.2 Å². The highest BCUT2D eigenvalue weighted by Gasteiger charge is 2.43. The summed E-state index contributed by atoms with van der Waals surface area (Å²) in [6, 6.07) is 8.64. The number of ether oxygens (including phenoxy) is 3. The van der Waals surface area contributed by atoms with Crippen LogP contribution in [0.4, 0.5) is 0 Å². The Morgan fingerprint density at radius 2 is 1.53 bits per heavy atom. The molecule has 9 atom stereocenters. The third-order valence-corrected chi connectivity index (χ3v) is 13.8. The van der Waals surface area contributed by atoms with Crippen LogP contribution in [0, 0.1) is 35.5 Å². The smallest absolute Gasteiger partial charge is 0.294 e. The molecule has 1 aliphatic rings. The van der Waals surface area contributed by atoms with Crippen LogP contribution in [0.5, 0.6) is 0 Å². The molecule has 1 aromatic carbocycles. The van der Waals surface area contributed by atoms with E-state index in [1.807, 2.05) is 88.7 Å². The molecule has 14 heteroatoms. The summed E-state index contributed by atoms with van der Waals surface area (Å²) in [5, 5.41) is 2.99. The van der Waals surface area contributed by atoms with Gasteiger partial charge in [-0.1, -0.05) is 92.1 Å². The molecule has 1 fully saturated rings. The van der Waals surface area contributed by atoms with E-state index < -0.39 is 36.0 Å². The fraction of sp³-hybridized carbons (Fsp3) is 0.760. The first kappa shape index (κ1) is 56.4. The molecular weight excluding hydrogens is 815 g/mol. The van der Waals surface area contributed by atoms with Gasteiger partial charge >= 0.3 is 0 Å². The van der Waals surface area contributed by atoms with E-state index in [9.17, 15) is 28.8 Å². The van der Waals surface area contributed by atoms with E-state index in [4.69, 9.17) is 14.2 Å². The second-order valence-corrected chi connectivity index (χ2v) is 19.0. The van der Waals surface area contributed by atoms with Crippen LogP contribution in [0.25, 0.3) is 0 Å². The number of ketones is 2. The lowest BCUT2D eigenvalue weighted by atomic mass is 9.83. The van der Waals surface area contributed by atoms with Gasteiger partial charge in [-0.25, -0.2) is 0 Å². The van der Waals surface area contributed by atoms with Gasteiger partial charge in [0.2, 0.25) is 17.7 Å². The summed E-state index contributed by atoms with van der Waals surface area (Å²) in [6.07, 6.45) is 1.40. The number of amides is 3. The number of likely N-dealkylation sites (tertiary alicyclic amines) is 1. The van der Waals surface area contributed by atoms with E-state index in [-0.39, 0.29) is 91.2 Å². The van der Waals surface area contributed by atoms with Crippen molar-refractivity contribution >= 4 is 35.8 Å². The number of benzene rings is 1. The molecule has 1 saturated heterocycles. The normalized spacial score (nSPS) is 18.1. The number of hydrogen-bond donors (Lipinski definition) is 1. The van der Waals surface area contributed by atoms with Crippen LogP contribution in [-0.4, -0.2) is 153 Å². The molecule has 0 spiro atoms. The Morgan fingerprint density at radius 3 is 2.06 bits per heavy atom. The molecule has 1 heterocycles. The number of hydrogen-bond acceptors (Lipinski definition) is 11. The largest absolute Gasteiger partial charge is 0.452 e. The average molecular weight is 900 g/mol. The summed E-state index contributed by atoms with van der Waals surface area (Å²) in [5.41, 5.74) is 0.937. The molecule has 1 aromatic rings. The number of methoxy groups -OCH3 is 2. The lowest BCUT2D eigenvalue weighted by Gasteiger charge is -2.41. The summed E-state index contributed by atoms with van der Waals surface area (Å²) in [5.74, 6) is -2.40. The first-order valence-corrected chi connectivity index (χ1v) is 23.8. The zero-order valence-electron chi connectivity index (χ0n) is 41.8. The van der Waals surface area contributed by atoms with Crippen molar-refractivity contribution in [2.24, 2.45) is 35.5 Å². The molecule has 0 aromatic heterocycles. The van der Waals surface area contributed by atoms with Gasteiger partial charge in [0.1, 0.15) is 12.5 Å². The summed E-state index contributed by atoms with van der Waals surface area (Å²) in [6.45, 7) is 22.5. The first-order chi connectivity index (χ1) is 30.3. The van der Waals surface area contributed by atoms with Gasteiger partial charge in [0.05, 0.1) is 36.8 Å². The Kier molecular flexibility index (Phi) is 25.0. The summed E-state index contributed by atoms with van der Waals surface area (Å²) in [4.78, 5) is 89.0. The van der Waals surface area contributed by atoms with Crippen LogP contribution in [0.15, 0.2) is 30.3 Å². The standard InChI is InChI=1S/C50H85N5O9/c1-15-36(9)47(53(12)50(61)40(33(3)4)29-43(58)46(34(5)6)52(11)35(7)8)44(62-13)30-45(59)55-25-20-23-41(55)48(63-14)37(10)42(57)28-39(27-38-21-18-17-19-22-38)49(60)51-24-26-54(16-2)31-64-32-56/h17-19,21-22,32-37,39-41,44,46-48H,15-16,20,23-31H2,1-14H3,(H,51,60)/t36-,37-,39+,40-,41-,44+,46-,47-,48+/m0/s1. The molecule has 0 radical (unpaired) electrons. The van der Waals surface area contributed by atoms with Crippen molar-refractivity contribution in [1.29, 1.82) is 0 Å². The van der Waals surface area contributed by atoms with Crippen molar-refractivity contribution in [3.63, 3.8) is 0 Å². The SMILES string of the molecule is CC[C@H](C)[C@@H]([C@@H](CC(=O)N1CCC[C@H]1[C@H](OC)[C@@H](C)C(=O)C[C@@H](Cc1ccccc1)C(=O)NCCN(CC)COC=O)OC)N(C)C(=O)[C@@H](CC(=O)[C@H](C(C)C)N(C)C(C)C)C(C)C. The minimum atomic E-state index is -0.636. The molecule has 2 rings (SSSR count). The molecule has 3 amide bonds. The van der Waals surface area contributed by atoms with E-state index in [0.29, 0.717) is 45.5 Å². The molecule has 1 aliphatic heterocycles. The van der Waals surface area contributed by atoms with Gasteiger partial charge in [-0.05, 0) is 70.0 Å². The number of Topliss-reactive ketones (excluding diaryl/α,β-unsaturated/α-hetero) is 2. The maximum Gasteiger partial charge on any atom is 0.294 e. The molecule has 14 nitrogen and oxygen atoms in total. The van der Waals surface area contributed by atoms with Crippen molar-refractivity contribution < 1.29 is 43.0 Å². The zero-order chi connectivity index (χ0) is 48.3. The van der Waals surface area contributed by atoms with Gasteiger partial charge in [0.15, 0.2) is 5.78 Å². The van der Waals surface area contributed by atoms with Gasteiger partial charge in [-0.3, -0.25) is 38.6 Å². The van der Waals surface area contributed by atoms with Crippen LogP contribution >= 0.6 is 0 Å². The predicted molar refractivity (Wildman–Crippen MR) is 251 cm³/mol. The van der Waals surface area contributed by atoms with E-state index in [1.54, 1.807) is 26.2 Å². The Morgan fingerprint density at radius 1 is 0.875 bits per heavy atom. The van der Waals surface area contributed by atoms with Crippen LogP contribution < -0.4 is 5.32 Å². The highest BCUT2D eigenvalue weighted by molar-refractivity contribution is 5.90. The highest BCUT2D eigenvalue weighted by atomic mass is 16.5. The molecule has 0 saturated carbocycles. The number of nitrogens with one attached hydrogen (secondary N) is 1. The Balaban J connectivity index is 2.30. The average Bonchev–Trinajstić information content (AvgIpc) is 3.75. The summed E-state index contributed by atoms with van der Waals surface area (Å²) < 4.78 is 17.1. The maximum absolute atomic E-state index is 14.5. The Labute approximate surface area is 385 Å². The fourth-order valence-electron chi connectivity index (χ4n) is 9.45. The van der Waals surface area contributed by atoms with E-state index in [0.717, 1.165) is 18.4 Å². The first-order valence-electron chi connectivity index (χ1n) is 23.8. The Bertz CT molecular complexity index is 1590. The molecule has 0 aliphatic carbocycles. The third kappa shape index (κ3) is 16.3. The van der Waals surface area contributed by atoms with Crippen LogP contribution in [0.3, 0.4) is 0 Å². The molecule has 0 unspecified atom stereocenters. The van der Waals surface area contributed by atoms with Crippen molar-refractivity contribution in [2.45, 2.75) is 151 Å². The second kappa shape index (κ2) is 28.3. The topological polar surface area (TPSA) is 155 Å². The summed E-state index contributed by atoms with van der Waals surface area (Å²) >= 11 is 0. The molecule has 0 bridgehead atoms. The molecule has 364 valence electrons. The van der Waals surface area contributed by atoms with Gasteiger partial charge in [0, 0.05) is 77.5 Å². The zero-order valence-corrected chi connectivity index (χ0v) is 41.8. The number of nitrogens with zero attached hydrogens (tertiary/aromatic N) is 4. The number of likely N-dealkylation sites (N-methyl/N-ethyl adjacent to an activating group) is 3. The van der Waals surface area contributed by atoms with Crippen LogP contribution in [0.2, 0.25) is 0 Å². The summed E-state index contributed by atoms with van der Waals surface area (Å²) in [7, 11) is 6.88. The molecule has 64 heavy (non-hydrogen) atoms. The van der Waals surface area contributed by atoms with Crippen molar-refractivity contribution in [3.05, 3.63) is 35.9 Å². The molecular formula is C50H85N5O9. The van der Waals surface area contributed by atoms with Crippen LogP contribution in [-0.2, 0) is 49.4 Å². The monoisotopic (exact) mass is 900 g/mol. The minimum Gasteiger partial charge on any atom is -0.452 e. The number of carbonyl (C=O) groups is 6. The van der Waals surface area contributed by atoms with Gasteiger partial charge in [0.25, 0.3) is 6.47 Å². The van der Waals surface area contributed by atoms with Gasteiger partial charge in [-0.15, -0.1) is 0 Å².